The summed E-state index contributed by atoms with van der Waals surface area (Å²) < 4.78 is 13.1. The minimum atomic E-state index is -0.219. The van der Waals surface area contributed by atoms with Crippen LogP contribution in [0.1, 0.15) is 11.1 Å². The fraction of sp³-hybridized carbons (Fsp3) is 0.391. The summed E-state index contributed by atoms with van der Waals surface area (Å²) in [5.41, 5.74) is 3.60. The van der Waals surface area contributed by atoms with Gasteiger partial charge in [-0.25, -0.2) is 4.39 Å². The van der Waals surface area contributed by atoms with Gasteiger partial charge in [0.15, 0.2) is 5.96 Å². The van der Waals surface area contributed by atoms with Gasteiger partial charge in [-0.3, -0.25) is 9.79 Å². The van der Waals surface area contributed by atoms with Crippen molar-refractivity contribution in [1.82, 2.24) is 15.1 Å². The van der Waals surface area contributed by atoms with Crippen LogP contribution < -0.4 is 10.2 Å². The molecule has 1 N–H and O–H groups in total. The predicted octanol–water partition coefficient (Wildman–Crippen LogP) is 2.11. The summed E-state index contributed by atoms with van der Waals surface area (Å²) in [7, 11) is 1.75. The van der Waals surface area contributed by atoms with Crippen molar-refractivity contribution in [3.8, 4) is 0 Å². The maximum atomic E-state index is 13.1. The molecule has 158 valence electrons. The van der Waals surface area contributed by atoms with Gasteiger partial charge in [0, 0.05) is 52.0 Å². The number of benzene rings is 2. The number of anilines is 1. The number of piperazine rings is 1. The Labute approximate surface area is 177 Å². The number of carbonyl (C=O) groups excluding carboxylic acids is 1. The van der Waals surface area contributed by atoms with Crippen LogP contribution in [0.3, 0.4) is 0 Å². The van der Waals surface area contributed by atoms with Crippen molar-refractivity contribution in [2.24, 2.45) is 4.99 Å². The molecule has 0 unspecified atom stereocenters. The molecule has 1 amide bonds. The highest BCUT2D eigenvalue weighted by atomic mass is 19.1. The number of guanidine groups is 1. The zero-order chi connectivity index (χ0) is 20.9. The minimum Gasteiger partial charge on any atom is -0.368 e. The Morgan fingerprint density at radius 1 is 0.967 bits per heavy atom. The Morgan fingerprint density at radius 2 is 1.67 bits per heavy atom. The van der Waals surface area contributed by atoms with Crippen molar-refractivity contribution in [3.05, 3.63) is 65.5 Å². The second-order valence-electron chi connectivity index (χ2n) is 7.69. The lowest BCUT2D eigenvalue weighted by atomic mass is 10.00. The molecule has 1 fully saturated rings. The van der Waals surface area contributed by atoms with Gasteiger partial charge >= 0.3 is 0 Å². The van der Waals surface area contributed by atoms with Gasteiger partial charge in [-0.1, -0.05) is 24.3 Å². The van der Waals surface area contributed by atoms with Crippen LogP contribution in [0, 0.1) is 5.82 Å². The lowest BCUT2D eigenvalue weighted by Gasteiger charge is -2.38. The summed E-state index contributed by atoms with van der Waals surface area (Å²) >= 11 is 0. The van der Waals surface area contributed by atoms with E-state index in [4.69, 9.17) is 0 Å². The van der Waals surface area contributed by atoms with E-state index in [1.54, 1.807) is 7.05 Å². The molecule has 4 rings (SSSR count). The molecule has 0 aromatic heterocycles. The van der Waals surface area contributed by atoms with Crippen molar-refractivity contribution in [3.63, 3.8) is 0 Å². The molecule has 0 spiro atoms. The van der Waals surface area contributed by atoms with E-state index in [0.717, 1.165) is 50.8 Å². The number of amides is 1. The number of hydrogen-bond donors (Lipinski definition) is 1. The maximum absolute atomic E-state index is 13.1. The minimum absolute atomic E-state index is 0.0931. The van der Waals surface area contributed by atoms with E-state index in [-0.39, 0.29) is 18.3 Å². The smallest absolute Gasteiger partial charge is 0.242 e. The summed E-state index contributed by atoms with van der Waals surface area (Å²) in [5, 5.41) is 3.24. The van der Waals surface area contributed by atoms with Gasteiger partial charge in [0.1, 0.15) is 5.82 Å². The molecule has 0 bridgehead atoms. The van der Waals surface area contributed by atoms with Crippen LogP contribution in [0.4, 0.5) is 10.1 Å². The van der Waals surface area contributed by atoms with E-state index in [0.29, 0.717) is 6.54 Å². The van der Waals surface area contributed by atoms with E-state index >= 15 is 0 Å². The highest BCUT2D eigenvalue weighted by Gasteiger charge is 2.23. The van der Waals surface area contributed by atoms with Crippen LogP contribution in [-0.4, -0.2) is 68.0 Å². The molecule has 0 aliphatic carbocycles. The quantitative estimate of drug-likeness (QED) is 0.623. The summed E-state index contributed by atoms with van der Waals surface area (Å²) in [6, 6.07) is 14.9. The van der Waals surface area contributed by atoms with E-state index in [1.807, 2.05) is 23.1 Å². The largest absolute Gasteiger partial charge is 0.368 e. The van der Waals surface area contributed by atoms with E-state index in [2.05, 4.69) is 38.3 Å². The Morgan fingerprint density at radius 3 is 2.37 bits per heavy atom. The number of aliphatic imine (C=N–C) groups is 1. The molecule has 30 heavy (non-hydrogen) atoms. The highest BCUT2D eigenvalue weighted by molar-refractivity contribution is 5.86. The van der Waals surface area contributed by atoms with Gasteiger partial charge in [0.05, 0.1) is 6.54 Å². The first kappa shape index (κ1) is 20.2. The average molecular weight is 410 g/mol. The third kappa shape index (κ3) is 4.56. The Hall–Kier alpha value is -3.09. The van der Waals surface area contributed by atoms with Crippen LogP contribution >= 0.6 is 0 Å². The predicted molar refractivity (Wildman–Crippen MR) is 117 cm³/mol. The standard InChI is InChI=1S/C23H28FN5O/c1-25-23(28-14-12-27(13-15-28)21-8-6-20(24)7-9-21)26-16-22(30)29-11-10-18-4-2-3-5-19(18)17-29/h2-9H,10-17H2,1H3,(H,25,26). The van der Waals surface area contributed by atoms with Gasteiger partial charge in [0.2, 0.25) is 5.91 Å². The van der Waals surface area contributed by atoms with Crippen molar-refractivity contribution < 1.29 is 9.18 Å². The van der Waals surface area contributed by atoms with Crippen molar-refractivity contribution >= 4 is 17.6 Å². The molecular formula is C23H28FN5O. The molecule has 2 aliphatic rings. The Kier molecular flexibility index (Phi) is 6.16. The molecule has 7 heteroatoms. The molecule has 2 aromatic rings. The number of nitrogens with one attached hydrogen (secondary N) is 1. The number of nitrogens with zero attached hydrogens (tertiary/aromatic N) is 4. The zero-order valence-electron chi connectivity index (χ0n) is 17.4. The topological polar surface area (TPSA) is 51.2 Å². The van der Waals surface area contributed by atoms with Gasteiger partial charge < -0.3 is 20.0 Å². The summed E-state index contributed by atoms with van der Waals surface area (Å²) in [6.45, 7) is 4.90. The zero-order valence-corrected chi connectivity index (χ0v) is 17.4. The molecule has 2 heterocycles. The molecule has 2 aliphatic heterocycles. The lowest BCUT2D eigenvalue weighted by Crippen LogP contribution is -2.54. The molecule has 0 atom stereocenters. The summed E-state index contributed by atoms with van der Waals surface area (Å²) in [4.78, 5) is 23.4. The first-order chi connectivity index (χ1) is 14.6. The van der Waals surface area contributed by atoms with Crippen LogP contribution in [0.2, 0.25) is 0 Å². The van der Waals surface area contributed by atoms with Crippen molar-refractivity contribution in [2.75, 3.05) is 51.2 Å². The number of carbonyl (C=O) groups is 1. The third-order valence-corrected chi connectivity index (χ3v) is 5.86. The SMILES string of the molecule is CN=C(NCC(=O)N1CCc2ccccc2C1)N1CCN(c2ccc(F)cc2)CC1. The average Bonchev–Trinajstić information content (AvgIpc) is 2.80. The first-order valence-electron chi connectivity index (χ1n) is 10.4. The summed E-state index contributed by atoms with van der Waals surface area (Å²) in [5.74, 6) is 0.624. The van der Waals surface area contributed by atoms with Gasteiger partial charge in [-0.05, 0) is 41.8 Å². The van der Waals surface area contributed by atoms with Crippen LogP contribution in [0.25, 0.3) is 0 Å². The van der Waals surface area contributed by atoms with Gasteiger partial charge in [0.25, 0.3) is 0 Å². The molecule has 2 aromatic carbocycles. The van der Waals surface area contributed by atoms with E-state index in [9.17, 15) is 9.18 Å². The molecule has 0 saturated carbocycles. The lowest BCUT2D eigenvalue weighted by molar-refractivity contribution is -0.130. The number of halogens is 1. The number of rotatable bonds is 3. The molecule has 0 radical (unpaired) electrons. The highest BCUT2D eigenvalue weighted by Crippen LogP contribution is 2.19. The van der Waals surface area contributed by atoms with Crippen LogP contribution in [0.5, 0.6) is 0 Å². The first-order valence-corrected chi connectivity index (χ1v) is 10.4. The van der Waals surface area contributed by atoms with Crippen LogP contribution in [0.15, 0.2) is 53.5 Å². The van der Waals surface area contributed by atoms with E-state index < -0.39 is 0 Å². The van der Waals surface area contributed by atoms with E-state index in [1.165, 1.54) is 23.3 Å². The number of hydrogen-bond acceptors (Lipinski definition) is 3. The Bertz CT molecular complexity index is 906. The fourth-order valence-corrected chi connectivity index (χ4v) is 4.14. The number of fused-ring (bicyclic) bond motifs is 1. The molecule has 1 saturated heterocycles. The monoisotopic (exact) mass is 409 g/mol. The normalized spacial score (nSPS) is 17.0. The van der Waals surface area contributed by atoms with Gasteiger partial charge in [-0.15, -0.1) is 0 Å². The van der Waals surface area contributed by atoms with Crippen LogP contribution in [-0.2, 0) is 17.8 Å². The third-order valence-electron chi connectivity index (χ3n) is 5.86. The second-order valence-corrected chi connectivity index (χ2v) is 7.69. The molecule has 6 nitrogen and oxygen atoms in total. The van der Waals surface area contributed by atoms with Gasteiger partial charge in [-0.2, -0.15) is 0 Å². The fourth-order valence-electron chi connectivity index (χ4n) is 4.14. The Balaban J connectivity index is 1.27. The summed E-state index contributed by atoms with van der Waals surface area (Å²) in [6.07, 6.45) is 0.905. The molecular weight excluding hydrogens is 381 g/mol. The van der Waals surface area contributed by atoms with Crippen molar-refractivity contribution in [2.45, 2.75) is 13.0 Å². The maximum Gasteiger partial charge on any atom is 0.242 e. The van der Waals surface area contributed by atoms with Crippen molar-refractivity contribution in [1.29, 1.82) is 0 Å². The second kappa shape index (κ2) is 9.15.